The van der Waals surface area contributed by atoms with Gasteiger partial charge in [0.25, 0.3) is 5.56 Å². The average Bonchev–Trinajstić information content (AvgIpc) is 3.07. The lowest BCUT2D eigenvalue weighted by atomic mass is 9.91. The van der Waals surface area contributed by atoms with Gasteiger partial charge in [-0.25, -0.2) is 0 Å². The summed E-state index contributed by atoms with van der Waals surface area (Å²) in [6.45, 7) is 2.87. The van der Waals surface area contributed by atoms with Crippen LogP contribution in [0.15, 0.2) is 29.1 Å². The number of hydrogen-bond acceptors (Lipinski definition) is 5. The molecular formula is C19H24N2O4. The van der Waals surface area contributed by atoms with Crippen molar-refractivity contribution >= 4 is 10.8 Å². The lowest BCUT2D eigenvalue weighted by Crippen LogP contribution is -2.46. The molecule has 6 nitrogen and oxygen atoms in total. The smallest absolute Gasteiger partial charge is 0.256 e. The largest absolute Gasteiger partial charge is 0.497 e. The number of likely N-dealkylation sites (tertiary alicyclic amines) is 1. The normalized spacial score (nSPS) is 25.5. The van der Waals surface area contributed by atoms with Crippen molar-refractivity contribution in [2.75, 3.05) is 33.4 Å². The van der Waals surface area contributed by atoms with Crippen LogP contribution in [0.4, 0.5) is 0 Å². The van der Waals surface area contributed by atoms with Gasteiger partial charge in [-0.2, -0.15) is 0 Å². The number of ether oxygens (including phenoxy) is 2. The standard InChI is InChI=1S/C19H24N2O4/c1-24-14-2-3-15-13(8-14)9-16(20-19(15)23)12-4-6-21(7-5-12)17-10-25-11-18(17)22/h2-3,8-9,12,17-18,22H,4-7,10-11H2,1H3,(H,20,23)/t17-,18+/m0/s1. The first-order chi connectivity index (χ1) is 12.2. The predicted octanol–water partition coefficient (Wildman–Crippen LogP) is 1.48. The summed E-state index contributed by atoms with van der Waals surface area (Å²) in [5.74, 6) is 1.09. The molecule has 0 radical (unpaired) electrons. The quantitative estimate of drug-likeness (QED) is 0.882. The van der Waals surface area contributed by atoms with Gasteiger partial charge in [-0.3, -0.25) is 9.69 Å². The number of H-pyrrole nitrogens is 1. The highest BCUT2D eigenvalue weighted by molar-refractivity contribution is 5.83. The topological polar surface area (TPSA) is 74.8 Å². The Morgan fingerprint density at radius 3 is 2.72 bits per heavy atom. The molecule has 0 unspecified atom stereocenters. The number of rotatable bonds is 3. The molecule has 0 amide bonds. The Bertz CT molecular complexity index is 811. The number of aromatic amines is 1. The van der Waals surface area contributed by atoms with Crippen LogP contribution < -0.4 is 10.3 Å². The first-order valence-corrected chi connectivity index (χ1v) is 8.86. The molecular weight excluding hydrogens is 320 g/mol. The number of pyridine rings is 1. The van der Waals surface area contributed by atoms with Gasteiger partial charge in [-0.1, -0.05) is 0 Å². The number of hydrogen-bond donors (Lipinski definition) is 2. The molecule has 2 aromatic rings. The number of nitrogens with zero attached hydrogens (tertiary/aromatic N) is 1. The van der Waals surface area contributed by atoms with Gasteiger partial charge in [0.05, 0.1) is 32.5 Å². The number of aromatic nitrogens is 1. The Morgan fingerprint density at radius 1 is 1.24 bits per heavy atom. The second kappa shape index (κ2) is 6.78. The number of methoxy groups -OCH3 is 1. The number of aliphatic hydroxyl groups excluding tert-OH is 1. The molecule has 1 aromatic carbocycles. The molecule has 4 rings (SSSR count). The van der Waals surface area contributed by atoms with Crippen molar-refractivity contribution in [2.24, 2.45) is 0 Å². The SMILES string of the molecule is COc1ccc2c(=O)[nH]c(C3CCN([C@H]4COC[C@H]4O)CC3)cc2c1. The first-order valence-electron chi connectivity index (χ1n) is 8.86. The van der Waals surface area contributed by atoms with E-state index in [0.717, 1.165) is 42.8 Å². The summed E-state index contributed by atoms with van der Waals surface area (Å²) in [6.07, 6.45) is 1.55. The highest BCUT2D eigenvalue weighted by Gasteiger charge is 2.34. The maximum absolute atomic E-state index is 12.4. The number of nitrogens with one attached hydrogen (secondary N) is 1. The molecule has 0 aliphatic carbocycles. The summed E-state index contributed by atoms with van der Waals surface area (Å²) in [5, 5.41) is 11.6. The molecule has 25 heavy (non-hydrogen) atoms. The molecule has 2 fully saturated rings. The Morgan fingerprint density at radius 2 is 2.04 bits per heavy atom. The van der Waals surface area contributed by atoms with Crippen LogP contribution in [0.1, 0.15) is 24.5 Å². The van der Waals surface area contributed by atoms with E-state index in [4.69, 9.17) is 9.47 Å². The van der Waals surface area contributed by atoms with E-state index in [1.54, 1.807) is 13.2 Å². The van der Waals surface area contributed by atoms with Crippen LogP contribution >= 0.6 is 0 Å². The highest BCUT2D eigenvalue weighted by atomic mass is 16.5. The molecule has 0 saturated carbocycles. The van der Waals surface area contributed by atoms with E-state index in [1.165, 1.54) is 0 Å². The van der Waals surface area contributed by atoms with Crippen molar-refractivity contribution in [1.82, 2.24) is 9.88 Å². The lowest BCUT2D eigenvalue weighted by Gasteiger charge is -2.36. The minimum atomic E-state index is -0.385. The van der Waals surface area contributed by atoms with Gasteiger partial charge in [0, 0.05) is 17.0 Å². The zero-order chi connectivity index (χ0) is 17.4. The summed E-state index contributed by atoms with van der Waals surface area (Å²) in [7, 11) is 1.63. The number of benzene rings is 1. The fourth-order valence-electron chi connectivity index (χ4n) is 4.04. The van der Waals surface area contributed by atoms with Gasteiger partial charge in [0.15, 0.2) is 0 Å². The Balaban J connectivity index is 1.53. The monoisotopic (exact) mass is 344 g/mol. The van der Waals surface area contributed by atoms with Crippen molar-refractivity contribution in [3.63, 3.8) is 0 Å². The summed E-state index contributed by atoms with van der Waals surface area (Å²) in [6, 6.07) is 7.72. The summed E-state index contributed by atoms with van der Waals surface area (Å²) in [4.78, 5) is 17.8. The third-order valence-corrected chi connectivity index (χ3v) is 5.53. The molecule has 0 spiro atoms. The summed E-state index contributed by atoms with van der Waals surface area (Å²) < 4.78 is 10.6. The third-order valence-electron chi connectivity index (χ3n) is 5.53. The van der Waals surface area contributed by atoms with Crippen LogP contribution in [-0.2, 0) is 4.74 Å². The fraction of sp³-hybridized carbons (Fsp3) is 0.526. The molecule has 2 aliphatic rings. The van der Waals surface area contributed by atoms with Crippen molar-refractivity contribution < 1.29 is 14.6 Å². The van der Waals surface area contributed by atoms with Crippen molar-refractivity contribution in [3.05, 3.63) is 40.3 Å². The van der Waals surface area contributed by atoms with Gasteiger partial charge in [-0.05, 0) is 55.6 Å². The van der Waals surface area contributed by atoms with Crippen molar-refractivity contribution in [3.8, 4) is 5.75 Å². The van der Waals surface area contributed by atoms with Gasteiger partial charge in [0.2, 0.25) is 0 Å². The third kappa shape index (κ3) is 3.17. The number of piperidine rings is 1. The second-order valence-electron chi connectivity index (χ2n) is 6.99. The molecule has 2 N–H and O–H groups in total. The lowest BCUT2D eigenvalue weighted by molar-refractivity contribution is 0.0660. The van der Waals surface area contributed by atoms with E-state index in [2.05, 4.69) is 16.0 Å². The van der Waals surface area contributed by atoms with Crippen LogP contribution in [0.3, 0.4) is 0 Å². The maximum atomic E-state index is 12.4. The number of aliphatic hydroxyl groups is 1. The van der Waals surface area contributed by atoms with Crippen LogP contribution in [0.5, 0.6) is 5.75 Å². The minimum Gasteiger partial charge on any atom is -0.497 e. The Hall–Kier alpha value is -1.89. The molecule has 3 heterocycles. The molecule has 2 aliphatic heterocycles. The predicted molar refractivity (Wildman–Crippen MR) is 95.3 cm³/mol. The van der Waals surface area contributed by atoms with Gasteiger partial charge < -0.3 is 19.6 Å². The van der Waals surface area contributed by atoms with E-state index in [0.29, 0.717) is 24.5 Å². The van der Waals surface area contributed by atoms with E-state index < -0.39 is 0 Å². The minimum absolute atomic E-state index is 0.0443. The Kier molecular flexibility index (Phi) is 4.50. The average molecular weight is 344 g/mol. The van der Waals surface area contributed by atoms with Crippen LogP contribution in [-0.4, -0.2) is 60.5 Å². The summed E-state index contributed by atoms with van der Waals surface area (Å²) >= 11 is 0. The van der Waals surface area contributed by atoms with E-state index in [-0.39, 0.29) is 17.7 Å². The molecule has 134 valence electrons. The van der Waals surface area contributed by atoms with E-state index in [1.807, 2.05) is 12.1 Å². The number of fused-ring (bicyclic) bond motifs is 1. The summed E-state index contributed by atoms with van der Waals surface area (Å²) in [5.41, 5.74) is 0.950. The molecule has 2 atom stereocenters. The van der Waals surface area contributed by atoms with Gasteiger partial charge in [-0.15, -0.1) is 0 Å². The van der Waals surface area contributed by atoms with Crippen molar-refractivity contribution in [2.45, 2.75) is 30.9 Å². The van der Waals surface area contributed by atoms with Gasteiger partial charge >= 0.3 is 0 Å². The van der Waals surface area contributed by atoms with Crippen molar-refractivity contribution in [1.29, 1.82) is 0 Å². The molecule has 1 aromatic heterocycles. The van der Waals surface area contributed by atoms with Crippen LogP contribution in [0.2, 0.25) is 0 Å². The van der Waals surface area contributed by atoms with E-state index >= 15 is 0 Å². The zero-order valence-corrected chi connectivity index (χ0v) is 14.4. The molecule has 2 saturated heterocycles. The highest BCUT2D eigenvalue weighted by Crippen LogP contribution is 2.30. The van der Waals surface area contributed by atoms with E-state index in [9.17, 15) is 9.90 Å². The molecule has 0 bridgehead atoms. The van der Waals surface area contributed by atoms with Gasteiger partial charge in [0.1, 0.15) is 5.75 Å². The maximum Gasteiger partial charge on any atom is 0.256 e. The van der Waals surface area contributed by atoms with Crippen LogP contribution in [0.25, 0.3) is 10.8 Å². The molecule has 6 heteroatoms. The Labute approximate surface area is 146 Å². The second-order valence-corrected chi connectivity index (χ2v) is 6.99. The zero-order valence-electron chi connectivity index (χ0n) is 14.4. The first kappa shape index (κ1) is 16.6. The fourth-order valence-corrected chi connectivity index (χ4v) is 4.04. The van der Waals surface area contributed by atoms with Crippen LogP contribution in [0, 0.1) is 0 Å².